The number of hydrogen-bond donors (Lipinski definition) is 1. The maximum Gasteiger partial charge on any atom is 0.408 e. The number of nitrogens with one attached hydrogen (secondary N) is 1. The van der Waals surface area contributed by atoms with Crippen LogP contribution in [0.1, 0.15) is 49.5 Å². The molecule has 27 heavy (non-hydrogen) atoms. The van der Waals surface area contributed by atoms with Gasteiger partial charge in [0.05, 0.1) is 0 Å². The summed E-state index contributed by atoms with van der Waals surface area (Å²) < 4.78 is 11.0. The average Bonchev–Trinajstić information content (AvgIpc) is 3.39. The zero-order valence-corrected chi connectivity index (χ0v) is 16.0. The lowest BCUT2D eigenvalue weighted by Gasteiger charge is -2.23. The van der Waals surface area contributed by atoms with Crippen LogP contribution in [0.4, 0.5) is 4.79 Å². The maximum absolute atomic E-state index is 12.8. The van der Waals surface area contributed by atoms with E-state index in [1.165, 1.54) is 0 Å². The molecule has 5 heteroatoms. The Hall–Kier alpha value is -2.82. The first-order valence-electron chi connectivity index (χ1n) is 9.10. The van der Waals surface area contributed by atoms with Crippen molar-refractivity contribution in [3.05, 3.63) is 65.7 Å². The summed E-state index contributed by atoms with van der Waals surface area (Å²) in [4.78, 5) is 24.8. The topological polar surface area (TPSA) is 64.6 Å². The molecule has 1 saturated carbocycles. The van der Waals surface area contributed by atoms with Crippen LogP contribution < -0.4 is 10.1 Å². The van der Waals surface area contributed by atoms with Crippen LogP contribution in [-0.4, -0.2) is 23.0 Å². The van der Waals surface area contributed by atoms with Crippen molar-refractivity contribution in [2.24, 2.45) is 0 Å². The lowest BCUT2D eigenvalue weighted by atomic mass is 10.0. The lowest BCUT2D eigenvalue weighted by molar-refractivity contribution is 0.0482. The fourth-order valence-corrected chi connectivity index (χ4v) is 2.75. The van der Waals surface area contributed by atoms with Gasteiger partial charge in [-0.15, -0.1) is 0 Å². The Kier molecular flexibility index (Phi) is 5.22. The van der Waals surface area contributed by atoms with Crippen LogP contribution in [-0.2, 0) is 11.3 Å². The van der Waals surface area contributed by atoms with Crippen LogP contribution in [0.15, 0.2) is 54.6 Å². The van der Waals surface area contributed by atoms with Crippen LogP contribution in [0, 0.1) is 0 Å². The van der Waals surface area contributed by atoms with Gasteiger partial charge in [0, 0.05) is 5.56 Å². The number of carbonyl (C=O) groups excluding carboxylic acids is 2. The summed E-state index contributed by atoms with van der Waals surface area (Å²) in [7, 11) is 0. The smallest absolute Gasteiger partial charge is 0.408 e. The fraction of sp³-hybridized carbons (Fsp3) is 0.364. The van der Waals surface area contributed by atoms with E-state index < -0.39 is 17.2 Å². The molecule has 0 saturated heterocycles. The zero-order valence-electron chi connectivity index (χ0n) is 16.0. The van der Waals surface area contributed by atoms with Crippen molar-refractivity contribution in [1.82, 2.24) is 5.32 Å². The highest BCUT2D eigenvalue weighted by Crippen LogP contribution is 2.39. The van der Waals surface area contributed by atoms with Gasteiger partial charge >= 0.3 is 6.09 Å². The molecule has 1 N–H and O–H groups in total. The van der Waals surface area contributed by atoms with Crippen LogP contribution in [0.5, 0.6) is 5.75 Å². The van der Waals surface area contributed by atoms with E-state index in [1.807, 2.05) is 30.3 Å². The Labute approximate surface area is 159 Å². The highest BCUT2D eigenvalue weighted by atomic mass is 16.6. The maximum atomic E-state index is 12.8. The first-order valence-corrected chi connectivity index (χ1v) is 9.10. The van der Waals surface area contributed by atoms with Gasteiger partial charge in [0.15, 0.2) is 5.78 Å². The monoisotopic (exact) mass is 367 g/mol. The van der Waals surface area contributed by atoms with E-state index in [9.17, 15) is 9.59 Å². The molecule has 0 bridgehead atoms. The third kappa shape index (κ3) is 5.09. The minimum atomic E-state index is -0.839. The van der Waals surface area contributed by atoms with E-state index in [2.05, 4.69) is 5.32 Å². The molecule has 0 unspecified atom stereocenters. The van der Waals surface area contributed by atoms with Crippen molar-refractivity contribution >= 4 is 11.9 Å². The molecule has 0 spiro atoms. The molecule has 5 nitrogen and oxygen atoms in total. The number of amides is 1. The molecule has 0 heterocycles. The number of benzene rings is 2. The van der Waals surface area contributed by atoms with E-state index in [4.69, 9.17) is 9.47 Å². The minimum Gasteiger partial charge on any atom is -0.489 e. The third-order valence-corrected chi connectivity index (χ3v) is 4.29. The van der Waals surface area contributed by atoms with E-state index in [0.29, 0.717) is 30.8 Å². The van der Waals surface area contributed by atoms with Crippen molar-refractivity contribution < 1.29 is 19.1 Å². The number of ether oxygens (including phenoxy) is 2. The third-order valence-electron chi connectivity index (χ3n) is 4.29. The predicted molar refractivity (Wildman–Crippen MR) is 103 cm³/mol. The van der Waals surface area contributed by atoms with Gasteiger partial charge < -0.3 is 14.8 Å². The Morgan fingerprint density at radius 3 is 2.19 bits per heavy atom. The van der Waals surface area contributed by atoms with Crippen LogP contribution in [0.25, 0.3) is 0 Å². The number of hydrogen-bond acceptors (Lipinski definition) is 4. The first kappa shape index (κ1) is 19.0. The van der Waals surface area contributed by atoms with Crippen molar-refractivity contribution in [2.75, 3.05) is 0 Å². The molecule has 2 aromatic carbocycles. The first-order chi connectivity index (χ1) is 12.8. The van der Waals surface area contributed by atoms with E-state index in [1.54, 1.807) is 45.0 Å². The predicted octanol–water partition coefficient (Wildman–Crippen LogP) is 4.51. The number of Topliss-reactive ketones (excluding diaryl/α,β-unsaturated/α-hetero) is 1. The molecular formula is C22H25NO4. The van der Waals surface area contributed by atoms with Gasteiger partial charge in [0.1, 0.15) is 23.5 Å². The second kappa shape index (κ2) is 7.43. The van der Waals surface area contributed by atoms with Gasteiger partial charge in [0.2, 0.25) is 0 Å². The molecule has 0 atom stereocenters. The zero-order chi connectivity index (χ0) is 19.5. The molecule has 0 aromatic heterocycles. The molecule has 3 rings (SSSR count). The highest BCUT2D eigenvalue weighted by molar-refractivity contribution is 6.06. The second-order valence-electron chi connectivity index (χ2n) is 7.84. The number of rotatable bonds is 6. The summed E-state index contributed by atoms with van der Waals surface area (Å²) in [5.41, 5.74) is 0.196. The van der Waals surface area contributed by atoms with Gasteiger partial charge in [-0.2, -0.15) is 0 Å². The summed E-state index contributed by atoms with van der Waals surface area (Å²) >= 11 is 0. The molecule has 1 fully saturated rings. The second-order valence-corrected chi connectivity index (χ2v) is 7.84. The fourth-order valence-electron chi connectivity index (χ4n) is 2.75. The van der Waals surface area contributed by atoms with Gasteiger partial charge in [0.25, 0.3) is 0 Å². The normalized spacial score (nSPS) is 14.9. The Bertz CT molecular complexity index is 802. The van der Waals surface area contributed by atoms with Gasteiger partial charge in [-0.05, 0) is 63.4 Å². The molecule has 1 amide bonds. The number of alkyl carbamates (subject to hydrolysis) is 1. The van der Waals surface area contributed by atoms with E-state index >= 15 is 0 Å². The quantitative estimate of drug-likeness (QED) is 0.763. The number of carbonyl (C=O) groups is 2. The molecule has 1 aliphatic carbocycles. The van der Waals surface area contributed by atoms with Crippen LogP contribution in [0.3, 0.4) is 0 Å². The van der Waals surface area contributed by atoms with Crippen molar-refractivity contribution in [1.29, 1.82) is 0 Å². The van der Waals surface area contributed by atoms with Gasteiger partial charge in [-0.25, -0.2) is 4.79 Å². The largest absolute Gasteiger partial charge is 0.489 e. The SMILES string of the molecule is CC(C)(C)OC(=O)NC1(C(=O)c2ccc(OCc3ccccc3)cc2)CC1. The number of ketones is 1. The highest BCUT2D eigenvalue weighted by Gasteiger charge is 2.51. The molecular weight excluding hydrogens is 342 g/mol. The van der Waals surface area contributed by atoms with E-state index in [0.717, 1.165) is 5.56 Å². The molecule has 1 aliphatic rings. The Morgan fingerprint density at radius 2 is 1.63 bits per heavy atom. The van der Waals surface area contributed by atoms with Crippen molar-refractivity contribution in [3.8, 4) is 5.75 Å². The van der Waals surface area contributed by atoms with Gasteiger partial charge in [-0.1, -0.05) is 30.3 Å². The van der Waals surface area contributed by atoms with Crippen molar-refractivity contribution in [3.63, 3.8) is 0 Å². The standard InChI is InChI=1S/C22H25NO4/c1-21(2,3)27-20(25)23-22(13-14-22)19(24)17-9-11-18(12-10-17)26-15-16-7-5-4-6-8-16/h4-12H,13-15H2,1-3H3,(H,23,25). The van der Waals surface area contributed by atoms with Gasteiger partial charge in [-0.3, -0.25) is 4.79 Å². The van der Waals surface area contributed by atoms with E-state index in [-0.39, 0.29) is 5.78 Å². The average molecular weight is 367 g/mol. The summed E-state index contributed by atoms with van der Waals surface area (Å²) in [5, 5.41) is 2.74. The molecule has 142 valence electrons. The lowest BCUT2D eigenvalue weighted by Crippen LogP contribution is -2.45. The summed E-state index contributed by atoms with van der Waals surface area (Å²) in [6.07, 6.45) is 0.686. The van der Waals surface area contributed by atoms with Crippen molar-refractivity contribution in [2.45, 2.75) is 51.4 Å². The van der Waals surface area contributed by atoms with Crippen LogP contribution in [0.2, 0.25) is 0 Å². The minimum absolute atomic E-state index is 0.0945. The molecule has 0 radical (unpaired) electrons. The molecule has 2 aromatic rings. The Morgan fingerprint density at radius 1 is 1.00 bits per heavy atom. The molecule has 0 aliphatic heterocycles. The van der Waals surface area contributed by atoms with Crippen LogP contribution >= 0.6 is 0 Å². The summed E-state index contributed by atoms with van der Waals surface area (Å²) in [6, 6.07) is 16.9. The summed E-state index contributed by atoms with van der Waals surface area (Å²) in [5.74, 6) is 0.600. The Balaban J connectivity index is 1.59. The summed E-state index contributed by atoms with van der Waals surface area (Å²) in [6.45, 7) is 5.85.